The van der Waals surface area contributed by atoms with Gasteiger partial charge in [0.1, 0.15) is 24.1 Å². The lowest BCUT2D eigenvalue weighted by molar-refractivity contribution is 0.0567. The van der Waals surface area contributed by atoms with Crippen LogP contribution >= 0.6 is 0 Å². The van der Waals surface area contributed by atoms with Crippen LogP contribution in [0.5, 0.6) is 5.75 Å². The molecule has 32 heavy (non-hydrogen) atoms. The zero-order valence-electron chi connectivity index (χ0n) is 18.7. The number of benzene rings is 1. The molecule has 7 nitrogen and oxygen atoms in total. The van der Waals surface area contributed by atoms with Gasteiger partial charge in [-0.2, -0.15) is 0 Å². The lowest BCUT2D eigenvalue weighted by Crippen LogP contribution is -2.53. The van der Waals surface area contributed by atoms with Crippen LogP contribution < -0.4 is 10.1 Å². The van der Waals surface area contributed by atoms with E-state index in [9.17, 15) is 5.11 Å². The Hall–Kier alpha value is -2.45. The van der Waals surface area contributed by atoms with Crippen molar-refractivity contribution in [2.24, 2.45) is 0 Å². The highest BCUT2D eigenvalue weighted by Gasteiger charge is 2.32. The van der Waals surface area contributed by atoms with Crippen LogP contribution in [0.3, 0.4) is 0 Å². The summed E-state index contributed by atoms with van der Waals surface area (Å²) < 4.78 is 7.98. The van der Waals surface area contributed by atoms with Gasteiger partial charge in [-0.15, -0.1) is 0 Å². The molecule has 2 N–H and O–H groups in total. The quantitative estimate of drug-likeness (QED) is 0.537. The minimum atomic E-state index is -0.469. The van der Waals surface area contributed by atoms with Gasteiger partial charge in [0.25, 0.3) is 0 Å². The van der Waals surface area contributed by atoms with Gasteiger partial charge in [0.15, 0.2) is 0 Å². The van der Waals surface area contributed by atoms with Crippen molar-refractivity contribution >= 4 is 5.65 Å². The number of aliphatic hydroxyl groups is 1. The molecule has 0 spiro atoms. The number of imidazole rings is 1. The summed E-state index contributed by atoms with van der Waals surface area (Å²) in [6.45, 7) is 4.74. The van der Waals surface area contributed by atoms with Crippen LogP contribution in [-0.2, 0) is 13.1 Å². The van der Waals surface area contributed by atoms with Crippen molar-refractivity contribution in [2.75, 3.05) is 33.3 Å². The second-order valence-electron chi connectivity index (χ2n) is 9.32. The Morgan fingerprint density at radius 2 is 1.91 bits per heavy atom. The number of β-amino-alcohol motifs (C(OH)–C–C–N with tert-alkyl or cyclic N) is 1. The second-order valence-corrected chi connectivity index (χ2v) is 9.32. The Kier molecular flexibility index (Phi) is 6.41. The van der Waals surface area contributed by atoms with Crippen LogP contribution in [0.4, 0.5) is 0 Å². The van der Waals surface area contributed by atoms with Crippen LogP contribution in [-0.4, -0.2) is 75.8 Å². The summed E-state index contributed by atoms with van der Waals surface area (Å²) in [6.07, 6.45) is 6.05. The van der Waals surface area contributed by atoms with E-state index in [-0.39, 0.29) is 0 Å². The first kappa shape index (κ1) is 21.4. The molecule has 2 aromatic heterocycles. The molecule has 7 heteroatoms. The van der Waals surface area contributed by atoms with Gasteiger partial charge in [-0.25, -0.2) is 4.98 Å². The molecule has 1 aromatic carbocycles. The summed E-state index contributed by atoms with van der Waals surface area (Å²) in [7, 11) is 2.12. The predicted molar refractivity (Wildman–Crippen MR) is 125 cm³/mol. The third kappa shape index (κ3) is 5.13. The van der Waals surface area contributed by atoms with Crippen LogP contribution in [0.25, 0.3) is 5.65 Å². The number of piperazine rings is 1. The van der Waals surface area contributed by atoms with Crippen molar-refractivity contribution < 1.29 is 9.84 Å². The van der Waals surface area contributed by atoms with E-state index in [1.807, 2.05) is 36.5 Å². The number of aromatic nitrogens is 2. The summed E-state index contributed by atoms with van der Waals surface area (Å²) in [5.74, 6) is 0.803. The van der Waals surface area contributed by atoms with E-state index in [1.165, 1.54) is 24.1 Å². The standard InChI is InChI=1S/C25H33N5O2/c1-28(16-22-12-26-25-4-2-3-11-30(22)25)13-19-5-9-24(10-6-19)32-18-23(31)17-29-14-20-7-8-21(15-29)27-20/h2-6,9-12,20-21,23,27,31H,7-8,13-18H2,1H3/t20-,21+,23?. The topological polar surface area (TPSA) is 65.3 Å². The van der Waals surface area contributed by atoms with E-state index in [0.29, 0.717) is 25.2 Å². The Morgan fingerprint density at radius 3 is 2.69 bits per heavy atom. The van der Waals surface area contributed by atoms with Gasteiger partial charge in [0.2, 0.25) is 0 Å². The number of pyridine rings is 1. The Balaban J connectivity index is 1.08. The van der Waals surface area contributed by atoms with E-state index in [4.69, 9.17) is 4.74 Å². The van der Waals surface area contributed by atoms with Crippen molar-refractivity contribution in [1.82, 2.24) is 24.5 Å². The predicted octanol–water partition coefficient (Wildman–Crippen LogP) is 2.14. The van der Waals surface area contributed by atoms with Crippen LogP contribution in [0.15, 0.2) is 54.9 Å². The normalized spacial score (nSPS) is 22.0. The van der Waals surface area contributed by atoms with Gasteiger partial charge in [-0.3, -0.25) is 9.80 Å². The fraction of sp³-hybridized carbons (Fsp3) is 0.480. The molecule has 0 radical (unpaired) electrons. The lowest BCUT2D eigenvalue weighted by atomic mass is 10.2. The Labute approximate surface area is 189 Å². The van der Waals surface area contributed by atoms with Gasteiger partial charge in [0.05, 0.1) is 11.9 Å². The smallest absolute Gasteiger partial charge is 0.136 e. The van der Waals surface area contributed by atoms with Crippen molar-refractivity contribution in [3.8, 4) is 5.75 Å². The molecule has 170 valence electrons. The molecule has 0 saturated carbocycles. The second kappa shape index (κ2) is 9.58. The number of hydrogen-bond acceptors (Lipinski definition) is 6. The van der Waals surface area contributed by atoms with Crippen LogP contribution in [0, 0.1) is 0 Å². The Morgan fingerprint density at radius 1 is 1.12 bits per heavy atom. The molecule has 4 heterocycles. The van der Waals surface area contributed by atoms with Crippen molar-refractivity contribution in [3.63, 3.8) is 0 Å². The molecular formula is C25H33N5O2. The lowest BCUT2D eigenvalue weighted by Gasteiger charge is -2.33. The molecule has 3 aromatic rings. The van der Waals surface area contributed by atoms with Crippen LogP contribution in [0.1, 0.15) is 24.1 Å². The van der Waals surface area contributed by atoms with E-state index < -0.39 is 6.10 Å². The molecule has 2 aliphatic rings. The number of ether oxygens (including phenoxy) is 1. The molecular weight excluding hydrogens is 402 g/mol. The molecule has 2 bridgehead atoms. The molecule has 5 rings (SSSR count). The number of hydrogen-bond donors (Lipinski definition) is 2. The number of rotatable bonds is 9. The number of aliphatic hydroxyl groups excluding tert-OH is 1. The van der Waals surface area contributed by atoms with E-state index in [2.05, 4.69) is 49.9 Å². The first-order chi connectivity index (χ1) is 15.6. The summed E-state index contributed by atoms with van der Waals surface area (Å²) >= 11 is 0. The van der Waals surface area contributed by atoms with Crippen molar-refractivity contribution in [2.45, 2.75) is 44.1 Å². The van der Waals surface area contributed by atoms with Gasteiger partial charge in [-0.05, 0) is 49.7 Å². The first-order valence-corrected chi connectivity index (χ1v) is 11.6. The SMILES string of the molecule is CN(Cc1ccc(OCC(O)CN2C[C@H]3CC[C@@H](C2)N3)cc1)Cc1cnc2ccccn12. The highest BCUT2D eigenvalue weighted by Crippen LogP contribution is 2.20. The third-order valence-corrected chi connectivity index (χ3v) is 6.50. The number of fused-ring (bicyclic) bond motifs is 3. The minimum absolute atomic E-state index is 0.326. The zero-order chi connectivity index (χ0) is 21.9. The molecule has 1 unspecified atom stereocenters. The maximum Gasteiger partial charge on any atom is 0.136 e. The van der Waals surface area contributed by atoms with Gasteiger partial charge in [-0.1, -0.05) is 18.2 Å². The van der Waals surface area contributed by atoms with Gasteiger partial charge in [0, 0.05) is 51.0 Å². The molecule has 2 saturated heterocycles. The summed E-state index contributed by atoms with van der Waals surface area (Å²) in [5.41, 5.74) is 3.38. The zero-order valence-corrected chi connectivity index (χ0v) is 18.7. The van der Waals surface area contributed by atoms with E-state index >= 15 is 0 Å². The van der Waals surface area contributed by atoms with E-state index in [0.717, 1.165) is 37.6 Å². The fourth-order valence-corrected chi connectivity index (χ4v) is 5.02. The molecule has 0 aliphatic carbocycles. The largest absolute Gasteiger partial charge is 0.491 e. The average molecular weight is 436 g/mol. The van der Waals surface area contributed by atoms with Gasteiger partial charge < -0.3 is 19.6 Å². The first-order valence-electron chi connectivity index (χ1n) is 11.6. The highest BCUT2D eigenvalue weighted by atomic mass is 16.5. The third-order valence-electron chi connectivity index (χ3n) is 6.50. The van der Waals surface area contributed by atoms with Gasteiger partial charge >= 0.3 is 0 Å². The summed E-state index contributed by atoms with van der Waals surface area (Å²) in [6, 6.07) is 15.4. The number of nitrogens with zero attached hydrogens (tertiary/aromatic N) is 4. The maximum absolute atomic E-state index is 10.4. The van der Waals surface area contributed by atoms with Crippen molar-refractivity contribution in [3.05, 3.63) is 66.1 Å². The number of likely N-dealkylation sites (tertiary alicyclic amines) is 1. The molecule has 0 amide bonds. The molecule has 2 fully saturated rings. The average Bonchev–Trinajstić information content (AvgIpc) is 3.35. The highest BCUT2D eigenvalue weighted by molar-refractivity contribution is 5.39. The van der Waals surface area contributed by atoms with Crippen LogP contribution in [0.2, 0.25) is 0 Å². The minimum Gasteiger partial charge on any atom is -0.491 e. The molecule has 2 aliphatic heterocycles. The summed E-state index contributed by atoms with van der Waals surface area (Å²) in [4.78, 5) is 9.11. The summed E-state index contributed by atoms with van der Waals surface area (Å²) in [5, 5.41) is 14.1. The molecule has 3 atom stereocenters. The Bertz CT molecular complexity index is 1010. The maximum atomic E-state index is 10.4. The fourth-order valence-electron chi connectivity index (χ4n) is 5.02. The van der Waals surface area contributed by atoms with Crippen molar-refractivity contribution in [1.29, 1.82) is 0 Å². The monoisotopic (exact) mass is 435 g/mol. The number of nitrogens with one attached hydrogen (secondary N) is 1. The van der Waals surface area contributed by atoms with E-state index in [1.54, 1.807) is 0 Å².